The monoisotopic (exact) mass is 186 g/mol. The van der Waals surface area contributed by atoms with Gasteiger partial charge in [-0.25, -0.2) is 0 Å². The summed E-state index contributed by atoms with van der Waals surface area (Å²) < 4.78 is 0. The fraction of sp³-hybridized carbons (Fsp3) is 0.667. The molecule has 1 unspecified atom stereocenters. The molecule has 0 aromatic carbocycles. The average molecular weight is 187 g/mol. The number of allylic oxidation sites excluding steroid dienone is 2. The van der Waals surface area contributed by atoms with Gasteiger partial charge in [-0.05, 0) is 6.08 Å². The lowest BCUT2D eigenvalue weighted by Gasteiger charge is -2.35. The lowest BCUT2D eigenvalue weighted by molar-refractivity contribution is 0.293. The Morgan fingerprint density at radius 3 is 2.50 bits per heavy atom. The number of hydrogen-bond acceptors (Lipinski definition) is 2. The van der Waals surface area contributed by atoms with Crippen LogP contribution in [0.25, 0.3) is 0 Å². The first-order valence-electron chi connectivity index (χ1n) is 4.04. The van der Waals surface area contributed by atoms with Gasteiger partial charge in [0.05, 0.1) is 0 Å². The van der Waals surface area contributed by atoms with E-state index in [-0.39, 0.29) is 11.0 Å². The highest BCUT2D eigenvalue weighted by Gasteiger charge is 2.25. The summed E-state index contributed by atoms with van der Waals surface area (Å²) in [5.41, 5.74) is 1.11. The second kappa shape index (κ2) is 3.09. The molecule has 0 spiro atoms. The first kappa shape index (κ1) is 9.59. The summed E-state index contributed by atoms with van der Waals surface area (Å²) in [4.78, 5) is 6.05. The molecule has 0 aromatic rings. The molecule has 0 amide bonds. The number of aliphatic imine (C=N–C) groups is 1. The van der Waals surface area contributed by atoms with Gasteiger partial charge in [-0.3, -0.25) is 4.99 Å². The highest BCUT2D eigenvalue weighted by Crippen LogP contribution is 2.30. The van der Waals surface area contributed by atoms with Gasteiger partial charge in [-0.1, -0.05) is 32.4 Å². The molecule has 0 aromatic heterocycles. The Balaban J connectivity index is 2.90. The maximum absolute atomic E-state index is 5.96. The fourth-order valence-electron chi connectivity index (χ4n) is 1.30. The molecule has 0 radical (unpaired) electrons. The van der Waals surface area contributed by atoms with E-state index in [0.29, 0.717) is 0 Å². The molecule has 0 fully saturated rings. The van der Waals surface area contributed by atoms with Gasteiger partial charge in [0.1, 0.15) is 0 Å². The van der Waals surface area contributed by atoms with Crippen LogP contribution in [0.5, 0.6) is 0 Å². The summed E-state index contributed by atoms with van der Waals surface area (Å²) in [5.74, 6) is 0. The maximum atomic E-state index is 5.96. The van der Waals surface area contributed by atoms with E-state index in [9.17, 15) is 0 Å². The van der Waals surface area contributed by atoms with Crippen molar-refractivity contribution in [3.8, 4) is 0 Å². The largest absolute Gasteiger partial charge is 0.343 e. The van der Waals surface area contributed by atoms with Crippen molar-refractivity contribution in [2.75, 3.05) is 7.05 Å². The SMILES string of the molecule is CN1C(C(C)(C)C)=CC=NC1Cl. The number of rotatable bonds is 0. The van der Waals surface area contributed by atoms with Crippen LogP contribution in [0.15, 0.2) is 16.8 Å². The van der Waals surface area contributed by atoms with Gasteiger partial charge in [-0.15, -0.1) is 0 Å². The van der Waals surface area contributed by atoms with Gasteiger partial charge in [0.15, 0.2) is 5.62 Å². The Labute approximate surface area is 78.9 Å². The van der Waals surface area contributed by atoms with Gasteiger partial charge in [0, 0.05) is 24.4 Å². The Hall–Kier alpha value is -0.500. The van der Waals surface area contributed by atoms with Crippen molar-refractivity contribution >= 4 is 17.8 Å². The standard InChI is InChI=1S/C9H15ClN2/c1-9(2,3)7-5-6-11-8(10)12(7)4/h5-6,8H,1-4H3. The van der Waals surface area contributed by atoms with E-state index >= 15 is 0 Å². The number of nitrogens with zero attached hydrogens (tertiary/aromatic N) is 2. The third-order valence-corrected chi connectivity index (χ3v) is 2.31. The van der Waals surface area contributed by atoms with Gasteiger partial charge in [0.2, 0.25) is 0 Å². The molecule has 1 aliphatic rings. The predicted molar refractivity (Wildman–Crippen MR) is 53.4 cm³/mol. The molecule has 0 saturated carbocycles. The quantitative estimate of drug-likeness (QED) is 0.419. The maximum Gasteiger partial charge on any atom is 0.197 e. The summed E-state index contributed by atoms with van der Waals surface area (Å²) in [7, 11) is 1.96. The third kappa shape index (κ3) is 1.81. The highest BCUT2D eigenvalue weighted by atomic mass is 35.5. The van der Waals surface area contributed by atoms with E-state index < -0.39 is 0 Å². The van der Waals surface area contributed by atoms with Gasteiger partial charge < -0.3 is 4.90 Å². The summed E-state index contributed by atoms with van der Waals surface area (Å²) in [6.45, 7) is 6.49. The summed E-state index contributed by atoms with van der Waals surface area (Å²) in [6.07, 6.45) is 3.79. The van der Waals surface area contributed by atoms with Crippen LogP contribution in [-0.4, -0.2) is 23.8 Å². The molecule has 1 aliphatic heterocycles. The molecular formula is C9H15ClN2. The van der Waals surface area contributed by atoms with Crippen molar-refractivity contribution < 1.29 is 0 Å². The minimum atomic E-state index is -0.246. The van der Waals surface area contributed by atoms with Crippen molar-refractivity contribution in [2.24, 2.45) is 10.4 Å². The van der Waals surface area contributed by atoms with Gasteiger partial charge >= 0.3 is 0 Å². The zero-order valence-corrected chi connectivity index (χ0v) is 8.76. The highest BCUT2D eigenvalue weighted by molar-refractivity contribution is 6.20. The van der Waals surface area contributed by atoms with Crippen LogP contribution in [0.1, 0.15) is 20.8 Å². The molecule has 0 N–H and O–H groups in total. The van der Waals surface area contributed by atoms with E-state index in [1.165, 1.54) is 5.70 Å². The van der Waals surface area contributed by atoms with Crippen LogP contribution >= 0.6 is 11.6 Å². The molecule has 12 heavy (non-hydrogen) atoms. The number of alkyl halides is 1. The first-order chi connectivity index (χ1) is 5.43. The zero-order chi connectivity index (χ0) is 9.35. The lowest BCUT2D eigenvalue weighted by Crippen LogP contribution is -2.33. The van der Waals surface area contributed by atoms with Crippen LogP contribution in [-0.2, 0) is 0 Å². The van der Waals surface area contributed by atoms with Crippen LogP contribution in [0.3, 0.4) is 0 Å². The third-order valence-electron chi connectivity index (χ3n) is 1.91. The molecule has 1 rings (SSSR count). The number of hydrogen-bond donors (Lipinski definition) is 0. The molecular weight excluding hydrogens is 172 g/mol. The second-order valence-corrected chi connectivity index (χ2v) is 4.41. The van der Waals surface area contributed by atoms with E-state index in [4.69, 9.17) is 11.6 Å². The molecule has 68 valence electrons. The van der Waals surface area contributed by atoms with Gasteiger partial charge in [0.25, 0.3) is 0 Å². The van der Waals surface area contributed by atoms with Crippen LogP contribution in [0.2, 0.25) is 0 Å². The molecule has 2 nitrogen and oxygen atoms in total. The minimum absolute atomic E-state index is 0.133. The molecule has 1 atom stereocenters. The van der Waals surface area contributed by atoms with Crippen molar-refractivity contribution in [3.05, 3.63) is 11.8 Å². The Morgan fingerprint density at radius 1 is 1.50 bits per heavy atom. The summed E-state index contributed by atoms with van der Waals surface area (Å²) in [5, 5.41) is 0. The second-order valence-electron chi connectivity index (χ2n) is 4.02. The zero-order valence-electron chi connectivity index (χ0n) is 8.00. The van der Waals surface area contributed by atoms with Crippen molar-refractivity contribution in [2.45, 2.75) is 26.4 Å². The fourth-order valence-corrected chi connectivity index (χ4v) is 1.47. The van der Waals surface area contributed by atoms with Crippen LogP contribution in [0.4, 0.5) is 0 Å². The lowest BCUT2D eigenvalue weighted by atomic mass is 9.90. The minimum Gasteiger partial charge on any atom is -0.343 e. The molecule has 1 heterocycles. The molecule has 0 aliphatic carbocycles. The Bertz CT molecular complexity index is 225. The summed E-state index contributed by atoms with van der Waals surface area (Å²) >= 11 is 5.96. The normalized spacial score (nSPS) is 24.2. The van der Waals surface area contributed by atoms with Gasteiger partial charge in [-0.2, -0.15) is 0 Å². The van der Waals surface area contributed by atoms with E-state index in [0.717, 1.165) is 0 Å². The molecule has 0 bridgehead atoms. The molecule has 3 heteroatoms. The Morgan fingerprint density at radius 2 is 2.08 bits per heavy atom. The smallest absolute Gasteiger partial charge is 0.197 e. The van der Waals surface area contributed by atoms with E-state index in [2.05, 4.69) is 25.8 Å². The van der Waals surface area contributed by atoms with Crippen molar-refractivity contribution in [1.29, 1.82) is 0 Å². The van der Waals surface area contributed by atoms with Crippen LogP contribution < -0.4 is 0 Å². The molecule has 0 saturated heterocycles. The average Bonchev–Trinajstić information content (AvgIpc) is 1.92. The summed E-state index contributed by atoms with van der Waals surface area (Å²) in [6, 6.07) is 0. The van der Waals surface area contributed by atoms with E-state index in [1.54, 1.807) is 6.21 Å². The van der Waals surface area contributed by atoms with Crippen molar-refractivity contribution in [1.82, 2.24) is 4.90 Å². The van der Waals surface area contributed by atoms with Crippen LogP contribution in [0, 0.1) is 5.41 Å². The Kier molecular flexibility index (Phi) is 2.47. The topological polar surface area (TPSA) is 15.6 Å². The predicted octanol–water partition coefficient (Wildman–Crippen LogP) is 2.46. The first-order valence-corrected chi connectivity index (χ1v) is 4.47. The number of halogens is 1. The van der Waals surface area contributed by atoms with Crippen molar-refractivity contribution in [3.63, 3.8) is 0 Å². The van der Waals surface area contributed by atoms with E-state index in [1.807, 2.05) is 18.0 Å².